The minimum Gasteiger partial charge on any atom is -0.369 e. The quantitative estimate of drug-likeness (QED) is 0.815. The van der Waals surface area contributed by atoms with Crippen LogP contribution < -0.4 is 10.5 Å². The summed E-state index contributed by atoms with van der Waals surface area (Å²) in [5.41, 5.74) is 1.79. The minimum atomic E-state index is -3.64. The maximum absolute atomic E-state index is 11.2. The Kier molecular flexibility index (Phi) is 4.76. The second-order valence-electron chi connectivity index (χ2n) is 4.50. The summed E-state index contributed by atoms with van der Waals surface area (Å²) in [6.45, 7) is 2.48. The van der Waals surface area contributed by atoms with Gasteiger partial charge in [0, 0.05) is 12.1 Å². The van der Waals surface area contributed by atoms with Crippen LogP contribution >= 0.6 is 11.6 Å². The van der Waals surface area contributed by atoms with E-state index in [4.69, 9.17) is 16.7 Å². The van der Waals surface area contributed by atoms with Crippen LogP contribution in [0.25, 0.3) is 0 Å². The lowest BCUT2D eigenvalue weighted by molar-refractivity contribution is 0.598. The molecule has 3 N–H and O–H groups in total. The Bertz CT molecular complexity index is 732. The van der Waals surface area contributed by atoms with Crippen LogP contribution in [0.3, 0.4) is 0 Å². The predicted molar refractivity (Wildman–Crippen MR) is 81.8 cm³/mol. The molecule has 0 aliphatic heterocycles. The molecular formula is C13H15ClN4O2S. The van der Waals surface area contributed by atoms with Gasteiger partial charge in [0.1, 0.15) is 17.3 Å². The fraction of sp³-hybridized carbons (Fsp3) is 0.231. The maximum Gasteiger partial charge on any atom is 0.238 e. The summed E-state index contributed by atoms with van der Waals surface area (Å²) < 4.78 is 22.3. The first-order valence-corrected chi connectivity index (χ1v) is 8.13. The number of nitrogens with zero attached hydrogens (tertiary/aromatic N) is 2. The van der Waals surface area contributed by atoms with Gasteiger partial charge in [-0.25, -0.2) is 23.5 Å². The van der Waals surface area contributed by atoms with Crippen molar-refractivity contribution in [1.82, 2.24) is 9.97 Å². The van der Waals surface area contributed by atoms with Gasteiger partial charge >= 0.3 is 0 Å². The second kappa shape index (κ2) is 6.38. The molecule has 1 heterocycles. The lowest BCUT2D eigenvalue weighted by atomic mass is 10.1. The van der Waals surface area contributed by atoms with Crippen LogP contribution in [0.1, 0.15) is 11.1 Å². The molecule has 6 nitrogen and oxygen atoms in total. The molecular weight excluding hydrogens is 312 g/mol. The van der Waals surface area contributed by atoms with Gasteiger partial charge in [-0.2, -0.15) is 0 Å². The van der Waals surface area contributed by atoms with Crippen LogP contribution in [0.5, 0.6) is 0 Å². The minimum absolute atomic E-state index is 0.109. The van der Waals surface area contributed by atoms with Gasteiger partial charge in [-0.1, -0.05) is 23.7 Å². The Hall–Kier alpha value is -1.70. The van der Waals surface area contributed by atoms with Gasteiger partial charge in [0.05, 0.1) is 4.90 Å². The van der Waals surface area contributed by atoms with E-state index >= 15 is 0 Å². The van der Waals surface area contributed by atoms with Crippen LogP contribution in [0.15, 0.2) is 35.5 Å². The second-order valence-corrected chi connectivity index (χ2v) is 6.42. The molecule has 2 rings (SSSR count). The number of nitrogens with one attached hydrogen (secondary N) is 1. The summed E-state index contributed by atoms with van der Waals surface area (Å²) in [6, 6.07) is 6.47. The van der Waals surface area contributed by atoms with E-state index in [1.807, 2.05) is 6.92 Å². The number of rotatable bonds is 5. The van der Waals surface area contributed by atoms with E-state index in [-0.39, 0.29) is 4.90 Å². The van der Waals surface area contributed by atoms with Crippen molar-refractivity contribution in [3.63, 3.8) is 0 Å². The number of hydrogen-bond acceptors (Lipinski definition) is 5. The molecule has 0 fully saturated rings. The van der Waals surface area contributed by atoms with Crippen molar-refractivity contribution in [2.24, 2.45) is 5.14 Å². The predicted octanol–water partition coefficient (Wildman–Crippen LogP) is 1.74. The first kappa shape index (κ1) is 15.7. The van der Waals surface area contributed by atoms with Crippen molar-refractivity contribution in [1.29, 1.82) is 0 Å². The summed E-state index contributed by atoms with van der Waals surface area (Å²) in [6.07, 6.45) is 2.12. The van der Waals surface area contributed by atoms with Gasteiger partial charge in [0.15, 0.2) is 0 Å². The van der Waals surface area contributed by atoms with Crippen molar-refractivity contribution in [3.8, 4) is 0 Å². The Labute approximate surface area is 128 Å². The number of aromatic nitrogens is 2. The Morgan fingerprint density at radius 3 is 2.52 bits per heavy atom. The van der Waals surface area contributed by atoms with E-state index in [1.165, 1.54) is 18.5 Å². The van der Waals surface area contributed by atoms with E-state index in [9.17, 15) is 8.42 Å². The van der Waals surface area contributed by atoms with Gasteiger partial charge in [0.2, 0.25) is 10.0 Å². The van der Waals surface area contributed by atoms with Crippen molar-refractivity contribution in [2.75, 3.05) is 11.9 Å². The van der Waals surface area contributed by atoms with Crippen molar-refractivity contribution < 1.29 is 8.42 Å². The molecule has 0 unspecified atom stereocenters. The summed E-state index contributed by atoms with van der Waals surface area (Å²) in [4.78, 5) is 8.11. The fourth-order valence-electron chi connectivity index (χ4n) is 1.78. The first-order valence-electron chi connectivity index (χ1n) is 6.20. The third-order valence-corrected chi connectivity index (χ3v) is 4.29. The highest BCUT2D eigenvalue weighted by Gasteiger charge is 2.07. The monoisotopic (exact) mass is 326 g/mol. The number of nitrogens with two attached hydrogens (primary N) is 1. The summed E-state index contributed by atoms with van der Waals surface area (Å²) >= 11 is 5.91. The normalized spacial score (nSPS) is 11.4. The number of halogens is 1. The largest absolute Gasteiger partial charge is 0.369 e. The highest BCUT2D eigenvalue weighted by atomic mass is 35.5. The highest BCUT2D eigenvalue weighted by molar-refractivity contribution is 7.89. The topological polar surface area (TPSA) is 98.0 Å². The third kappa shape index (κ3) is 4.13. The molecule has 0 bridgehead atoms. The molecule has 0 atom stereocenters. The van der Waals surface area contributed by atoms with Crippen LogP contribution in [-0.2, 0) is 16.4 Å². The van der Waals surface area contributed by atoms with Gasteiger partial charge in [-0.05, 0) is 31.0 Å². The lowest BCUT2D eigenvalue weighted by Gasteiger charge is -2.09. The van der Waals surface area contributed by atoms with E-state index in [1.54, 1.807) is 12.1 Å². The number of primary sulfonamides is 1. The maximum atomic E-state index is 11.2. The number of benzene rings is 1. The summed E-state index contributed by atoms with van der Waals surface area (Å²) in [7, 11) is -3.64. The van der Waals surface area contributed by atoms with Crippen LogP contribution in [0.2, 0.25) is 5.15 Å². The zero-order valence-electron chi connectivity index (χ0n) is 11.4. The summed E-state index contributed by atoms with van der Waals surface area (Å²) in [5.74, 6) is 0.691. The van der Waals surface area contributed by atoms with Crippen LogP contribution in [0, 0.1) is 6.92 Å². The average Bonchev–Trinajstić information content (AvgIpc) is 2.43. The zero-order valence-corrected chi connectivity index (χ0v) is 12.9. The van der Waals surface area contributed by atoms with Crippen LogP contribution in [-0.4, -0.2) is 24.9 Å². The zero-order chi connectivity index (χ0) is 15.5. The van der Waals surface area contributed by atoms with Crippen molar-refractivity contribution >= 4 is 27.4 Å². The van der Waals surface area contributed by atoms with E-state index in [0.717, 1.165) is 11.1 Å². The average molecular weight is 327 g/mol. The molecule has 8 heteroatoms. The molecule has 1 aromatic carbocycles. The van der Waals surface area contributed by atoms with Gasteiger partial charge in [0.25, 0.3) is 0 Å². The van der Waals surface area contributed by atoms with Crippen LogP contribution in [0.4, 0.5) is 5.82 Å². The van der Waals surface area contributed by atoms with E-state index in [2.05, 4.69) is 15.3 Å². The lowest BCUT2D eigenvalue weighted by Crippen LogP contribution is -2.12. The molecule has 0 amide bonds. The number of hydrogen-bond donors (Lipinski definition) is 2. The molecule has 112 valence electrons. The molecule has 0 saturated heterocycles. The van der Waals surface area contributed by atoms with Gasteiger partial charge < -0.3 is 5.32 Å². The van der Waals surface area contributed by atoms with Crippen molar-refractivity contribution in [3.05, 3.63) is 46.9 Å². The molecule has 1 aromatic heterocycles. The van der Waals surface area contributed by atoms with E-state index in [0.29, 0.717) is 23.9 Å². The van der Waals surface area contributed by atoms with E-state index < -0.39 is 10.0 Å². The Morgan fingerprint density at radius 1 is 1.24 bits per heavy atom. The molecule has 0 radical (unpaired) electrons. The van der Waals surface area contributed by atoms with Gasteiger partial charge in [-0.3, -0.25) is 0 Å². The molecule has 2 aromatic rings. The SMILES string of the molecule is Cc1c(Cl)ncnc1NCCc1ccc(S(N)(=O)=O)cc1. The van der Waals surface area contributed by atoms with Gasteiger partial charge in [-0.15, -0.1) is 0 Å². The molecule has 0 aliphatic rings. The fourth-order valence-corrected chi connectivity index (χ4v) is 2.43. The Balaban J connectivity index is 1.96. The number of anilines is 1. The molecule has 0 saturated carbocycles. The summed E-state index contributed by atoms with van der Waals surface area (Å²) in [5, 5.41) is 8.64. The Morgan fingerprint density at radius 2 is 1.90 bits per heavy atom. The molecule has 21 heavy (non-hydrogen) atoms. The third-order valence-electron chi connectivity index (χ3n) is 2.98. The highest BCUT2D eigenvalue weighted by Crippen LogP contribution is 2.17. The molecule has 0 aliphatic carbocycles. The first-order chi connectivity index (χ1) is 9.88. The standard InChI is InChI=1S/C13H15ClN4O2S/c1-9-12(14)17-8-18-13(9)16-7-6-10-2-4-11(5-3-10)21(15,19)20/h2-5,8H,6-7H2,1H3,(H2,15,19,20)(H,16,17,18). The van der Waals surface area contributed by atoms with Crippen molar-refractivity contribution in [2.45, 2.75) is 18.2 Å². The smallest absolute Gasteiger partial charge is 0.238 e. The molecule has 0 spiro atoms. The number of sulfonamides is 1.